The first kappa shape index (κ1) is 24.8. The number of halogens is 1. The minimum Gasteiger partial charge on any atom is -0.493 e. The van der Waals surface area contributed by atoms with Gasteiger partial charge in [0.25, 0.3) is 0 Å². The molecule has 0 radical (unpaired) electrons. The van der Waals surface area contributed by atoms with Crippen LogP contribution in [0.3, 0.4) is 0 Å². The first-order chi connectivity index (χ1) is 12.3. The van der Waals surface area contributed by atoms with Gasteiger partial charge in [0.1, 0.15) is 6.54 Å². The summed E-state index contributed by atoms with van der Waals surface area (Å²) in [4.78, 5) is 17.6. The Hall–Kier alpha value is -2.17. The van der Waals surface area contributed by atoms with Crippen molar-refractivity contribution in [1.29, 1.82) is 0 Å². The smallest absolute Gasteiger partial charge is 0.243 e. The number of anilines is 1. The van der Waals surface area contributed by atoms with Crippen LogP contribution in [0.15, 0.2) is 29.3 Å². The summed E-state index contributed by atoms with van der Waals surface area (Å²) in [5, 5.41) is 6.26. The second kappa shape index (κ2) is 12.3. The molecule has 0 aliphatic carbocycles. The quantitative estimate of drug-likeness (QED) is 0.251. The fourth-order valence-electron chi connectivity index (χ4n) is 1.95. The van der Waals surface area contributed by atoms with Crippen LogP contribution in [0.25, 0.3) is 0 Å². The molecule has 0 atom stereocenters. The van der Waals surface area contributed by atoms with E-state index >= 15 is 0 Å². The Kier molecular flexibility index (Phi) is 11.3. The highest BCUT2D eigenvalue weighted by Gasteiger charge is 2.14. The number of nitrogens with zero attached hydrogens (tertiary/aromatic N) is 2. The van der Waals surface area contributed by atoms with E-state index in [1.165, 1.54) is 4.90 Å². The molecule has 0 aliphatic rings. The molecule has 0 aliphatic heterocycles. The van der Waals surface area contributed by atoms with Gasteiger partial charge in [0, 0.05) is 38.5 Å². The zero-order valence-electron chi connectivity index (χ0n) is 16.7. The largest absolute Gasteiger partial charge is 0.493 e. The van der Waals surface area contributed by atoms with Crippen molar-refractivity contribution >= 4 is 41.5 Å². The van der Waals surface area contributed by atoms with E-state index in [9.17, 15) is 4.79 Å². The normalized spacial score (nSPS) is 10.4. The number of guanidine groups is 1. The summed E-state index contributed by atoms with van der Waals surface area (Å²) in [6.07, 6.45) is 0. The van der Waals surface area contributed by atoms with Crippen LogP contribution in [0, 0.1) is 0 Å². The van der Waals surface area contributed by atoms with Crippen molar-refractivity contribution in [1.82, 2.24) is 10.2 Å². The van der Waals surface area contributed by atoms with Crippen LogP contribution < -0.4 is 24.8 Å². The molecule has 1 amide bonds. The number of aliphatic imine (C=N–C) groups is 1. The summed E-state index contributed by atoms with van der Waals surface area (Å²) in [6.45, 7) is 6.29. The van der Waals surface area contributed by atoms with E-state index in [2.05, 4.69) is 22.2 Å². The van der Waals surface area contributed by atoms with Crippen LogP contribution in [-0.2, 0) is 4.79 Å². The SMILES string of the molecule is C=C(C)CNC(=NCC(=O)N(C)C)Nc1cc(OC)c(OC)c(OC)c1.I. The van der Waals surface area contributed by atoms with Gasteiger partial charge in [-0.05, 0) is 6.92 Å². The molecule has 0 aromatic heterocycles. The van der Waals surface area contributed by atoms with Gasteiger partial charge in [-0.2, -0.15) is 0 Å². The molecule has 0 saturated carbocycles. The molecule has 0 unspecified atom stereocenters. The number of nitrogens with one attached hydrogen (secondary N) is 2. The van der Waals surface area contributed by atoms with Crippen molar-refractivity contribution in [3.63, 3.8) is 0 Å². The molecule has 0 bridgehead atoms. The van der Waals surface area contributed by atoms with Gasteiger partial charge in [-0.15, -0.1) is 24.0 Å². The number of hydrogen-bond donors (Lipinski definition) is 2. The first-order valence-electron chi connectivity index (χ1n) is 8.02. The van der Waals surface area contributed by atoms with Gasteiger partial charge in [0.05, 0.1) is 21.3 Å². The molecular formula is C18H29IN4O4. The maximum atomic E-state index is 11.8. The van der Waals surface area contributed by atoms with Gasteiger partial charge < -0.3 is 29.7 Å². The van der Waals surface area contributed by atoms with Crippen LogP contribution in [0.5, 0.6) is 17.2 Å². The summed E-state index contributed by atoms with van der Waals surface area (Å²) in [5.74, 6) is 1.86. The van der Waals surface area contributed by atoms with Gasteiger partial charge in [-0.1, -0.05) is 12.2 Å². The van der Waals surface area contributed by atoms with E-state index in [1.54, 1.807) is 47.6 Å². The van der Waals surface area contributed by atoms with Gasteiger partial charge in [0.15, 0.2) is 17.5 Å². The number of carbonyl (C=O) groups excluding carboxylic acids is 1. The highest BCUT2D eigenvalue weighted by molar-refractivity contribution is 14.0. The molecule has 0 saturated heterocycles. The lowest BCUT2D eigenvalue weighted by Crippen LogP contribution is -2.34. The molecular weight excluding hydrogens is 463 g/mol. The number of methoxy groups -OCH3 is 3. The lowest BCUT2D eigenvalue weighted by molar-refractivity contribution is -0.127. The third-order valence-corrected chi connectivity index (χ3v) is 3.36. The van der Waals surface area contributed by atoms with Crippen LogP contribution in [0.2, 0.25) is 0 Å². The first-order valence-corrected chi connectivity index (χ1v) is 8.02. The maximum absolute atomic E-state index is 11.8. The minimum atomic E-state index is -0.105. The van der Waals surface area contributed by atoms with Crippen molar-refractivity contribution in [2.75, 3.05) is 53.8 Å². The van der Waals surface area contributed by atoms with Crippen LogP contribution in [0.4, 0.5) is 5.69 Å². The van der Waals surface area contributed by atoms with Crippen molar-refractivity contribution in [2.24, 2.45) is 4.99 Å². The Morgan fingerprint density at radius 3 is 2.11 bits per heavy atom. The highest BCUT2D eigenvalue weighted by Crippen LogP contribution is 2.39. The van der Waals surface area contributed by atoms with Gasteiger partial charge in [0.2, 0.25) is 11.7 Å². The second-order valence-electron chi connectivity index (χ2n) is 5.80. The molecule has 0 heterocycles. The highest BCUT2D eigenvalue weighted by atomic mass is 127. The van der Waals surface area contributed by atoms with Crippen LogP contribution in [-0.4, -0.2) is 65.3 Å². The zero-order valence-corrected chi connectivity index (χ0v) is 19.0. The van der Waals surface area contributed by atoms with E-state index in [4.69, 9.17) is 14.2 Å². The Morgan fingerprint density at radius 1 is 1.15 bits per heavy atom. The molecule has 27 heavy (non-hydrogen) atoms. The number of likely N-dealkylation sites (N-methyl/N-ethyl adjacent to an activating group) is 1. The Morgan fingerprint density at radius 2 is 1.70 bits per heavy atom. The lowest BCUT2D eigenvalue weighted by atomic mass is 10.2. The Labute approximate surface area is 178 Å². The number of rotatable bonds is 8. The maximum Gasteiger partial charge on any atom is 0.243 e. The molecule has 1 rings (SSSR count). The molecule has 1 aromatic carbocycles. The topological polar surface area (TPSA) is 84.4 Å². The fraction of sp³-hybridized carbons (Fsp3) is 0.444. The van der Waals surface area contributed by atoms with Crippen molar-refractivity contribution in [3.8, 4) is 17.2 Å². The number of ether oxygens (including phenoxy) is 3. The molecule has 0 spiro atoms. The molecule has 1 aromatic rings. The summed E-state index contributed by atoms with van der Waals surface area (Å²) >= 11 is 0. The second-order valence-corrected chi connectivity index (χ2v) is 5.80. The van der Waals surface area contributed by atoms with E-state index < -0.39 is 0 Å². The summed E-state index contributed by atoms with van der Waals surface area (Å²) < 4.78 is 16.0. The third-order valence-electron chi connectivity index (χ3n) is 3.36. The zero-order chi connectivity index (χ0) is 19.7. The van der Waals surface area contributed by atoms with Crippen molar-refractivity contribution in [3.05, 3.63) is 24.3 Å². The Bertz CT molecular complexity index is 652. The summed E-state index contributed by atoms with van der Waals surface area (Å²) in [6, 6.07) is 3.51. The van der Waals surface area contributed by atoms with Crippen LogP contribution >= 0.6 is 24.0 Å². The number of hydrogen-bond acceptors (Lipinski definition) is 5. The fourth-order valence-corrected chi connectivity index (χ4v) is 1.95. The average Bonchev–Trinajstić information content (AvgIpc) is 2.62. The van der Waals surface area contributed by atoms with Gasteiger partial charge >= 0.3 is 0 Å². The molecule has 8 nitrogen and oxygen atoms in total. The van der Waals surface area contributed by atoms with E-state index in [1.807, 2.05) is 6.92 Å². The van der Waals surface area contributed by atoms with Crippen molar-refractivity contribution in [2.45, 2.75) is 6.92 Å². The van der Waals surface area contributed by atoms with Gasteiger partial charge in [-0.3, -0.25) is 4.79 Å². The number of carbonyl (C=O) groups is 1. The molecule has 9 heteroatoms. The standard InChI is InChI=1S/C18H28N4O4.HI/c1-12(2)10-19-18(20-11-16(23)22(3)4)21-13-8-14(24-5)17(26-7)15(9-13)25-6;/h8-9H,1,10-11H2,2-7H3,(H2,19,20,21);1H. The average molecular weight is 492 g/mol. The van der Waals surface area contributed by atoms with E-state index in [0.717, 1.165) is 5.57 Å². The molecule has 152 valence electrons. The summed E-state index contributed by atoms with van der Waals surface area (Å²) in [7, 11) is 8.01. The summed E-state index contributed by atoms with van der Waals surface area (Å²) in [5.41, 5.74) is 1.60. The van der Waals surface area contributed by atoms with Crippen LogP contribution in [0.1, 0.15) is 6.92 Å². The molecule has 0 fully saturated rings. The minimum absolute atomic E-state index is 0. The predicted octanol–water partition coefficient (Wildman–Crippen LogP) is 2.35. The number of benzene rings is 1. The Balaban J connectivity index is 0.00000676. The monoisotopic (exact) mass is 492 g/mol. The molecule has 2 N–H and O–H groups in total. The van der Waals surface area contributed by atoms with E-state index in [-0.39, 0.29) is 36.4 Å². The van der Waals surface area contributed by atoms with E-state index in [0.29, 0.717) is 35.4 Å². The number of amides is 1. The lowest BCUT2D eigenvalue weighted by Gasteiger charge is -2.17. The third kappa shape index (κ3) is 7.94. The predicted molar refractivity (Wildman–Crippen MR) is 119 cm³/mol. The van der Waals surface area contributed by atoms with Crippen molar-refractivity contribution < 1.29 is 19.0 Å². The van der Waals surface area contributed by atoms with Gasteiger partial charge in [-0.25, -0.2) is 4.99 Å².